The second kappa shape index (κ2) is 7.46. The van der Waals surface area contributed by atoms with E-state index in [1.807, 2.05) is 0 Å². The maximum absolute atomic E-state index is 13.6. The molecule has 0 bridgehead atoms. The van der Waals surface area contributed by atoms with Gasteiger partial charge in [0.1, 0.15) is 17.7 Å². The standard InChI is InChI=1S/C16H14F2N2O3/c17-11-6-7-12(13(18)9-11)15(21)19-14(16(22)20-23)8-10-4-2-1-3-5-10/h1-7,9,14,23H,8H2,(H,19,21)(H,20,22)/t14-/m0/s1. The maximum Gasteiger partial charge on any atom is 0.266 e. The molecule has 2 aromatic carbocycles. The Bertz CT molecular complexity index is 708. The molecule has 3 N–H and O–H groups in total. The molecular formula is C16H14F2N2O3. The Kier molecular flexibility index (Phi) is 5.37. The number of halogens is 2. The lowest BCUT2D eigenvalue weighted by Crippen LogP contribution is -2.47. The maximum atomic E-state index is 13.6. The van der Waals surface area contributed by atoms with Crippen LogP contribution in [0, 0.1) is 11.6 Å². The van der Waals surface area contributed by atoms with Crippen LogP contribution in [-0.2, 0) is 11.2 Å². The van der Waals surface area contributed by atoms with Crippen LogP contribution in [0.4, 0.5) is 8.78 Å². The first-order valence-corrected chi connectivity index (χ1v) is 6.75. The Morgan fingerprint density at radius 2 is 1.78 bits per heavy atom. The van der Waals surface area contributed by atoms with Crippen LogP contribution in [0.25, 0.3) is 0 Å². The number of hydroxylamine groups is 1. The average Bonchev–Trinajstić information content (AvgIpc) is 2.54. The van der Waals surface area contributed by atoms with Crippen LogP contribution in [0.15, 0.2) is 48.5 Å². The Morgan fingerprint density at radius 3 is 2.39 bits per heavy atom. The van der Waals surface area contributed by atoms with E-state index in [1.54, 1.807) is 30.3 Å². The van der Waals surface area contributed by atoms with Crippen molar-refractivity contribution in [3.05, 3.63) is 71.3 Å². The monoisotopic (exact) mass is 320 g/mol. The molecule has 0 saturated carbocycles. The van der Waals surface area contributed by atoms with Crippen LogP contribution in [-0.4, -0.2) is 23.1 Å². The molecule has 7 heteroatoms. The summed E-state index contributed by atoms with van der Waals surface area (Å²) >= 11 is 0. The number of carbonyl (C=O) groups excluding carboxylic acids is 2. The molecule has 2 amide bonds. The van der Waals surface area contributed by atoms with E-state index in [4.69, 9.17) is 5.21 Å². The molecule has 0 spiro atoms. The Hall–Kier alpha value is -2.80. The van der Waals surface area contributed by atoms with E-state index in [1.165, 1.54) is 5.48 Å². The zero-order chi connectivity index (χ0) is 16.8. The predicted molar refractivity (Wildman–Crippen MR) is 77.7 cm³/mol. The average molecular weight is 320 g/mol. The smallest absolute Gasteiger partial charge is 0.266 e. The fraction of sp³-hybridized carbons (Fsp3) is 0.125. The topological polar surface area (TPSA) is 78.4 Å². The fourth-order valence-corrected chi connectivity index (χ4v) is 2.05. The van der Waals surface area contributed by atoms with Crippen molar-refractivity contribution in [3.63, 3.8) is 0 Å². The molecule has 0 heterocycles. The van der Waals surface area contributed by atoms with E-state index in [0.29, 0.717) is 6.07 Å². The van der Waals surface area contributed by atoms with Crippen molar-refractivity contribution in [2.75, 3.05) is 0 Å². The molecule has 1 atom stereocenters. The van der Waals surface area contributed by atoms with Gasteiger partial charge in [0.15, 0.2) is 0 Å². The summed E-state index contributed by atoms with van der Waals surface area (Å²) in [6.07, 6.45) is 0.0990. The van der Waals surface area contributed by atoms with Crippen molar-refractivity contribution in [2.24, 2.45) is 0 Å². The number of hydrogen-bond donors (Lipinski definition) is 3. The minimum Gasteiger partial charge on any atom is -0.340 e. The summed E-state index contributed by atoms with van der Waals surface area (Å²) in [7, 11) is 0. The molecule has 23 heavy (non-hydrogen) atoms. The number of carbonyl (C=O) groups is 2. The summed E-state index contributed by atoms with van der Waals surface area (Å²) in [5.41, 5.74) is 1.80. The highest BCUT2D eigenvalue weighted by molar-refractivity contribution is 5.97. The molecule has 0 aliphatic rings. The molecule has 2 aromatic rings. The van der Waals surface area contributed by atoms with Crippen molar-refractivity contribution in [1.82, 2.24) is 10.8 Å². The lowest BCUT2D eigenvalue weighted by Gasteiger charge is -2.17. The first-order valence-electron chi connectivity index (χ1n) is 6.75. The summed E-state index contributed by atoms with van der Waals surface area (Å²) in [5, 5.41) is 11.1. The molecule has 0 aromatic heterocycles. The van der Waals surface area contributed by atoms with Crippen LogP contribution >= 0.6 is 0 Å². The van der Waals surface area contributed by atoms with Gasteiger partial charge >= 0.3 is 0 Å². The Morgan fingerprint density at radius 1 is 1.09 bits per heavy atom. The van der Waals surface area contributed by atoms with E-state index < -0.39 is 35.1 Å². The van der Waals surface area contributed by atoms with E-state index in [-0.39, 0.29) is 6.42 Å². The number of rotatable bonds is 5. The molecule has 0 unspecified atom stereocenters. The van der Waals surface area contributed by atoms with Crippen LogP contribution in [0.1, 0.15) is 15.9 Å². The van der Waals surface area contributed by atoms with Gasteiger partial charge in [0.2, 0.25) is 0 Å². The van der Waals surface area contributed by atoms with Gasteiger partial charge in [-0.25, -0.2) is 14.3 Å². The second-order valence-corrected chi connectivity index (χ2v) is 4.82. The summed E-state index contributed by atoms with van der Waals surface area (Å²) in [6, 6.07) is 10.2. The molecule has 5 nitrogen and oxygen atoms in total. The SMILES string of the molecule is O=C(N[C@@H](Cc1ccccc1)C(=O)NO)c1ccc(F)cc1F. The van der Waals surface area contributed by atoms with Gasteiger partial charge in [-0.1, -0.05) is 30.3 Å². The van der Waals surface area contributed by atoms with Gasteiger partial charge in [-0.2, -0.15) is 0 Å². The van der Waals surface area contributed by atoms with Gasteiger partial charge in [0, 0.05) is 12.5 Å². The highest BCUT2D eigenvalue weighted by Crippen LogP contribution is 2.10. The van der Waals surface area contributed by atoms with Crippen LogP contribution in [0.3, 0.4) is 0 Å². The number of nitrogens with one attached hydrogen (secondary N) is 2. The van der Waals surface area contributed by atoms with Gasteiger partial charge in [-0.3, -0.25) is 14.8 Å². The normalized spacial score (nSPS) is 11.6. The third kappa shape index (κ3) is 4.33. The first-order chi connectivity index (χ1) is 11.0. The van der Waals surface area contributed by atoms with Crippen LogP contribution < -0.4 is 10.8 Å². The second-order valence-electron chi connectivity index (χ2n) is 4.82. The van der Waals surface area contributed by atoms with E-state index in [2.05, 4.69) is 5.32 Å². The molecule has 0 fully saturated rings. The largest absolute Gasteiger partial charge is 0.340 e. The van der Waals surface area contributed by atoms with Crippen molar-refractivity contribution in [2.45, 2.75) is 12.5 Å². The minimum absolute atomic E-state index is 0.0990. The van der Waals surface area contributed by atoms with E-state index in [0.717, 1.165) is 17.7 Å². The zero-order valence-corrected chi connectivity index (χ0v) is 11.9. The van der Waals surface area contributed by atoms with E-state index >= 15 is 0 Å². The van der Waals surface area contributed by atoms with Crippen LogP contribution in [0.5, 0.6) is 0 Å². The van der Waals surface area contributed by atoms with Crippen molar-refractivity contribution in [3.8, 4) is 0 Å². The van der Waals surface area contributed by atoms with Gasteiger partial charge in [0.25, 0.3) is 11.8 Å². The third-order valence-corrected chi connectivity index (χ3v) is 3.19. The fourth-order valence-electron chi connectivity index (χ4n) is 2.05. The quantitative estimate of drug-likeness (QED) is 0.581. The van der Waals surface area contributed by atoms with Crippen molar-refractivity contribution in [1.29, 1.82) is 0 Å². The van der Waals surface area contributed by atoms with Gasteiger partial charge in [-0.15, -0.1) is 0 Å². The lowest BCUT2D eigenvalue weighted by molar-refractivity contribution is -0.131. The van der Waals surface area contributed by atoms with Gasteiger partial charge in [-0.05, 0) is 17.7 Å². The minimum atomic E-state index is -1.11. The number of hydrogen-bond acceptors (Lipinski definition) is 3. The number of benzene rings is 2. The number of amides is 2. The summed E-state index contributed by atoms with van der Waals surface area (Å²) < 4.78 is 26.5. The zero-order valence-electron chi connectivity index (χ0n) is 11.9. The van der Waals surface area contributed by atoms with Gasteiger partial charge in [0.05, 0.1) is 5.56 Å². The Labute approximate surface area is 130 Å². The van der Waals surface area contributed by atoms with E-state index in [9.17, 15) is 18.4 Å². The van der Waals surface area contributed by atoms with Gasteiger partial charge < -0.3 is 5.32 Å². The van der Waals surface area contributed by atoms with Crippen molar-refractivity contribution >= 4 is 11.8 Å². The molecule has 2 rings (SSSR count). The third-order valence-electron chi connectivity index (χ3n) is 3.19. The molecule has 0 aliphatic heterocycles. The first kappa shape index (κ1) is 16.6. The molecular weight excluding hydrogens is 306 g/mol. The highest BCUT2D eigenvalue weighted by atomic mass is 19.1. The molecule has 0 radical (unpaired) electrons. The van der Waals surface area contributed by atoms with Crippen molar-refractivity contribution < 1.29 is 23.6 Å². The molecule has 120 valence electrons. The Balaban J connectivity index is 2.17. The molecule has 0 saturated heterocycles. The molecule has 0 aliphatic carbocycles. The summed E-state index contributed by atoms with van der Waals surface area (Å²) in [5.74, 6) is -3.57. The lowest BCUT2D eigenvalue weighted by atomic mass is 10.0. The summed E-state index contributed by atoms with van der Waals surface area (Å²) in [6.45, 7) is 0. The van der Waals surface area contributed by atoms with Crippen LogP contribution in [0.2, 0.25) is 0 Å². The summed E-state index contributed by atoms with van der Waals surface area (Å²) in [4.78, 5) is 23.8. The highest BCUT2D eigenvalue weighted by Gasteiger charge is 2.23. The predicted octanol–water partition coefficient (Wildman–Crippen LogP) is 1.81.